The maximum absolute atomic E-state index is 11.9. The summed E-state index contributed by atoms with van der Waals surface area (Å²) in [6.07, 6.45) is 10.2. The molecular formula is C29H23NO2. The number of benzene rings is 3. The molecule has 32 heavy (non-hydrogen) atoms. The number of nitrogens with zero attached hydrogens (tertiary/aromatic N) is 1. The molecule has 0 fully saturated rings. The number of carbonyl (C=O) groups excluding carboxylic acids is 2. The highest BCUT2D eigenvalue weighted by atomic mass is 16.2. The van der Waals surface area contributed by atoms with Crippen molar-refractivity contribution >= 4 is 23.1 Å². The molecule has 1 unspecified atom stereocenters. The Morgan fingerprint density at radius 3 is 2.12 bits per heavy atom. The van der Waals surface area contributed by atoms with Gasteiger partial charge in [0.25, 0.3) is 11.8 Å². The second kappa shape index (κ2) is 8.27. The molecule has 156 valence electrons. The number of imide groups is 1. The topological polar surface area (TPSA) is 37.4 Å². The van der Waals surface area contributed by atoms with Crippen molar-refractivity contribution in [2.24, 2.45) is 0 Å². The van der Waals surface area contributed by atoms with Gasteiger partial charge in [-0.1, -0.05) is 78.4 Å². The molecule has 0 saturated heterocycles. The van der Waals surface area contributed by atoms with Crippen LogP contribution in [0.1, 0.15) is 29.0 Å². The predicted octanol–water partition coefficient (Wildman–Crippen LogP) is 6.22. The molecule has 1 atom stereocenters. The molecule has 3 aromatic rings. The molecule has 0 N–H and O–H groups in total. The second-order valence-electron chi connectivity index (χ2n) is 8.25. The van der Waals surface area contributed by atoms with Gasteiger partial charge in [-0.25, -0.2) is 4.90 Å². The Balaban J connectivity index is 1.40. The zero-order valence-corrected chi connectivity index (χ0v) is 17.9. The van der Waals surface area contributed by atoms with Crippen molar-refractivity contribution in [3.63, 3.8) is 0 Å². The minimum absolute atomic E-state index is 0.245. The molecule has 1 aliphatic heterocycles. The first-order valence-electron chi connectivity index (χ1n) is 10.8. The number of anilines is 1. The fraction of sp³-hybridized carbons (Fsp3) is 0.103. The average molecular weight is 418 g/mol. The van der Waals surface area contributed by atoms with Gasteiger partial charge in [0, 0.05) is 18.1 Å². The van der Waals surface area contributed by atoms with Crippen LogP contribution in [0.2, 0.25) is 0 Å². The standard InChI is InChI=1S/C29H23NO2/c1-20-5-2-6-22(17-20)24-8-4-10-26(19-24)25-9-3-7-23(18-25)21-11-13-27(14-12-21)30-28(31)15-16-29(30)32/h2-6,8-19,23H,7H2,1H3. The van der Waals surface area contributed by atoms with E-state index in [0.717, 1.165) is 12.0 Å². The third-order valence-electron chi connectivity index (χ3n) is 6.00. The lowest BCUT2D eigenvalue weighted by molar-refractivity contribution is -0.119. The van der Waals surface area contributed by atoms with Crippen LogP contribution >= 0.6 is 0 Å². The molecule has 0 aromatic heterocycles. The van der Waals surface area contributed by atoms with Crippen molar-refractivity contribution in [2.45, 2.75) is 19.3 Å². The van der Waals surface area contributed by atoms with Crippen LogP contribution in [0.15, 0.2) is 103 Å². The molecule has 2 aliphatic rings. The Morgan fingerprint density at radius 2 is 1.41 bits per heavy atom. The highest BCUT2D eigenvalue weighted by molar-refractivity contribution is 6.28. The van der Waals surface area contributed by atoms with Gasteiger partial charge in [-0.2, -0.15) is 0 Å². The van der Waals surface area contributed by atoms with E-state index in [1.807, 2.05) is 24.3 Å². The summed E-state index contributed by atoms with van der Waals surface area (Å²) in [6.45, 7) is 2.11. The third-order valence-corrected chi connectivity index (χ3v) is 6.00. The van der Waals surface area contributed by atoms with Crippen molar-refractivity contribution in [1.29, 1.82) is 0 Å². The first-order chi connectivity index (χ1) is 15.6. The quantitative estimate of drug-likeness (QED) is 0.473. The van der Waals surface area contributed by atoms with E-state index in [-0.39, 0.29) is 17.7 Å². The van der Waals surface area contributed by atoms with Crippen molar-refractivity contribution in [3.8, 4) is 11.1 Å². The van der Waals surface area contributed by atoms with Crippen LogP contribution in [0.4, 0.5) is 5.69 Å². The molecule has 1 heterocycles. The summed E-state index contributed by atoms with van der Waals surface area (Å²) < 4.78 is 0. The summed E-state index contributed by atoms with van der Waals surface area (Å²) in [5.74, 6) is -0.340. The number of allylic oxidation sites excluding steroid dienone is 4. The van der Waals surface area contributed by atoms with Crippen molar-refractivity contribution in [3.05, 3.63) is 120 Å². The summed E-state index contributed by atoms with van der Waals surface area (Å²) in [4.78, 5) is 25.0. The van der Waals surface area contributed by atoms with Gasteiger partial charge in [-0.3, -0.25) is 9.59 Å². The Morgan fingerprint density at radius 1 is 0.750 bits per heavy atom. The number of aryl methyl sites for hydroxylation is 1. The van der Waals surface area contributed by atoms with Gasteiger partial charge >= 0.3 is 0 Å². The molecule has 3 aromatic carbocycles. The van der Waals surface area contributed by atoms with E-state index in [2.05, 4.69) is 73.7 Å². The lowest BCUT2D eigenvalue weighted by atomic mass is 9.87. The van der Waals surface area contributed by atoms with Crippen LogP contribution in [0.3, 0.4) is 0 Å². The van der Waals surface area contributed by atoms with Gasteiger partial charge in [-0.05, 0) is 59.4 Å². The highest BCUT2D eigenvalue weighted by Gasteiger charge is 2.25. The molecular weight excluding hydrogens is 394 g/mol. The van der Waals surface area contributed by atoms with Crippen LogP contribution in [0.25, 0.3) is 16.7 Å². The zero-order chi connectivity index (χ0) is 22.1. The highest BCUT2D eigenvalue weighted by Crippen LogP contribution is 2.34. The second-order valence-corrected chi connectivity index (χ2v) is 8.25. The van der Waals surface area contributed by atoms with Gasteiger partial charge in [-0.15, -0.1) is 0 Å². The lowest BCUT2D eigenvalue weighted by Gasteiger charge is -2.19. The molecule has 2 amide bonds. The molecule has 0 saturated carbocycles. The van der Waals surface area contributed by atoms with Crippen molar-refractivity contribution in [1.82, 2.24) is 0 Å². The van der Waals surface area contributed by atoms with E-state index < -0.39 is 0 Å². The van der Waals surface area contributed by atoms with Gasteiger partial charge in [0.1, 0.15) is 0 Å². The SMILES string of the molecule is Cc1cccc(-c2cccc(C3=CC(c4ccc(N5C(=O)C=CC5=O)cc4)CC=C3)c2)c1. The summed E-state index contributed by atoms with van der Waals surface area (Å²) >= 11 is 0. The van der Waals surface area contributed by atoms with Crippen LogP contribution in [0.5, 0.6) is 0 Å². The first-order valence-corrected chi connectivity index (χ1v) is 10.8. The van der Waals surface area contributed by atoms with Gasteiger partial charge in [0.2, 0.25) is 0 Å². The molecule has 0 bridgehead atoms. The zero-order valence-electron chi connectivity index (χ0n) is 17.9. The normalized spacial score (nSPS) is 17.7. The maximum atomic E-state index is 11.9. The summed E-state index contributed by atoms with van der Waals surface area (Å²) in [7, 11) is 0. The molecule has 5 rings (SSSR count). The number of hydrogen-bond donors (Lipinski definition) is 0. The fourth-order valence-corrected chi connectivity index (χ4v) is 4.33. The third kappa shape index (κ3) is 3.85. The Labute approximate surface area is 188 Å². The van der Waals surface area contributed by atoms with Crippen LogP contribution < -0.4 is 4.90 Å². The Hall–Kier alpha value is -3.98. The van der Waals surface area contributed by atoms with E-state index in [9.17, 15) is 9.59 Å². The number of hydrogen-bond acceptors (Lipinski definition) is 2. The lowest BCUT2D eigenvalue weighted by Crippen LogP contribution is -2.29. The van der Waals surface area contributed by atoms with Crippen LogP contribution in [-0.4, -0.2) is 11.8 Å². The van der Waals surface area contributed by atoms with Gasteiger partial charge in [0.15, 0.2) is 0 Å². The summed E-state index contributed by atoms with van der Waals surface area (Å²) in [5, 5.41) is 0. The van der Waals surface area contributed by atoms with Crippen LogP contribution in [-0.2, 0) is 9.59 Å². The first kappa shape index (κ1) is 20.0. The number of carbonyl (C=O) groups is 2. The van der Waals surface area contributed by atoms with E-state index in [0.29, 0.717) is 5.69 Å². The van der Waals surface area contributed by atoms with E-state index >= 15 is 0 Å². The summed E-state index contributed by atoms with van der Waals surface area (Å²) in [5.41, 5.74) is 7.85. The minimum Gasteiger partial charge on any atom is -0.269 e. The minimum atomic E-state index is -0.293. The smallest absolute Gasteiger partial charge is 0.258 e. The Kier molecular flexibility index (Phi) is 5.16. The van der Waals surface area contributed by atoms with Gasteiger partial charge in [0.05, 0.1) is 5.69 Å². The number of amides is 2. The molecule has 0 radical (unpaired) electrons. The number of rotatable bonds is 4. The molecule has 1 aliphatic carbocycles. The van der Waals surface area contributed by atoms with E-state index in [1.165, 1.54) is 44.9 Å². The fourth-order valence-electron chi connectivity index (χ4n) is 4.33. The Bertz CT molecular complexity index is 1280. The van der Waals surface area contributed by atoms with Crippen molar-refractivity contribution in [2.75, 3.05) is 4.90 Å². The molecule has 0 spiro atoms. The average Bonchev–Trinajstić information content (AvgIpc) is 3.17. The molecule has 3 nitrogen and oxygen atoms in total. The molecule has 3 heteroatoms. The summed E-state index contributed by atoms with van der Waals surface area (Å²) in [6, 6.07) is 24.9. The van der Waals surface area contributed by atoms with Gasteiger partial charge < -0.3 is 0 Å². The maximum Gasteiger partial charge on any atom is 0.258 e. The largest absolute Gasteiger partial charge is 0.269 e. The monoisotopic (exact) mass is 417 g/mol. The van der Waals surface area contributed by atoms with E-state index in [1.54, 1.807) is 0 Å². The van der Waals surface area contributed by atoms with Crippen molar-refractivity contribution < 1.29 is 9.59 Å². The van der Waals surface area contributed by atoms with E-state index in [4.69, 9.17) is 0 Å². The predicted molar refractivity (Wildman–Crippen MR) is 129 cm³/mol. The van der Waals surface area contributed by atoms with Crippen LogP contribution in [0, 0.1) is 6.92 Å².